The number of carbonyl (C=O) groups excluding carboxylic acids is 2. The molecule has 8 heteroatoms. The summed E-state index contributed by atoms with van der Waals surface area (Å²) in [4.78, 5) is 31.0. The number of aryl methyl sites for hydroxylation is 2. The molecule has 1 N–H and O–H groups in total. The third-order valence-corrected chi connectivity index (χ3v) is 7.46. The summed E-state index contributed by atoms with van der Waals surface area (Å²) in [6.07, 6.45) is 5.05. The van der Waals surface area contributed by atoms with Gasteiger partial charge in [0.2, 0.25) is 11.8 Å². The average Bonchev–Trinajstić information content (AvgIpc) is 2.96. The van der Waals surface area contributed by atoms with E-state index in [0.717, 1.165) is 31.2 Å². The molecule has 4 rings (SSSR count). The monoisotopic (exact) mass is 427 g/mol. The summed E-state index contributed by atoms with van der Waals surface area (Å²) in [6, 6.07) is 8.38. The molecule has 2 atom stereocenters. The highest BCUT2D eigenvalue weighted by atomic mass is 32.2. The van der Waals surface area contributed by atoms with Crippen LogP contribution in [0.15, 0.2) is 41.4 Å². The predicted octanol–water partition coefficient (Wildman–Crippen LogP) is 3.17. The average molecular weight is 428 g/mol. The number of anilines is 1. The van der Waals surface area contributed by atoms with Crippen molar-refractivity contribution in [3.63, 3.8) is 0 Å². The summed E-state index contributed by atoms with van der Waals surface area (Å²) in [7, 11) is -3.86. The van der Waals surface area contributed by atoms with Gasteiger partial charge in [-0.05, 0) is 55.5 Å². The maximum Gasteiger partial charge on any atom is 0.263 e. The van der Waals surface area contributed by atoms with E-state index in [4.69, 9.17) is 0 Å². The van der Waals surface area contributed by atoms with Crippen LogP contribution in [0.4, 0.5) is 5.82 Å². The van der Waals surface area contributed by atoms with E-state index in [1.165, 1.54) is 11.0 Å². The number of hydrogen-bond donors (Lipinski definition) is 1. The van der Waals surface area contributed by atoms with Crippen molar-refractivity contribution in [3.05, 3.63) is 53.2 Å². The topological polar surface area (TPSA) is 96.4 Å². The maximum absolute atomic E-state index is 12.9. The van der Waals surface area contributed by atoms with Gasteiger partial charge in [-0.25, -0.2) is 13.4 Å². The molecule has 2 fully saturated rings. The van der Waals surface area contributed by atoms with E-state index in [-0.39, 0.29) is 40.9 Å². The van der Waals surface area contributed by atoms with Crippen molar-refractivity contribution in [1.82, 2.24) is 9.88 Å². The van der Waals surface area contributed by atoms with E-state index in [9.17, 15) is 18.0 Å². The number of imide groups is 1. The van der Waals surface area contributed by atoms with Gasteiger partial charge in [0.25, 0.3) is 10.0 Å². The third-order valence-electron chi connectivity index (χ3n) is 5.97. The van der Waals surface area contributed by atoms with Crippen LogP contribution in [0.25, 0.3) is 0 Å². The summed E-state index contributed by atoms with van der Waals surface area (Å²) in [5.41, 5.74) is 2.11. The van der Waals surface area contributed by atoms with Crippen LogP contribution in [0, 0.1) is 25.7 Å². The zero-order valence-electron chi connectivity index (χ0n) is 17.1. The van der Waals surface area contributed by atoms with Crippen molar-refractivity contribution in [3.8, 4) is 0 Å². The Hall–Kier alpha value is -2.74. The van der Waals surface area contributed by atoms with Crippen molar-refractivity contribution in [2.24, 2.45) is 11.8 Å². The molecule has 158 valence electrons. The van der Waals surface area contributed by atoms with Gasteiger partial charge in [0.1, 0.15) is 5.82 Å². The molecule has 2 heterocycles. The number of nitrogens with one attached hydrogen (secondary N) is 1. The summed E-state index contributed by atoms with van der Waals surface area (Å²) in [6.45, 7) is 3.67. The van der Waals surface area contributed by atoms with Gasteiger partial charge < -0.3 is 0 Å². The number of nitrogens with zero attached hydrogens (tertiary/aromatic N) is 2. The minimum atomic E-state index is -3.86. The van der Waals surface area contributed by atoms with Crippen LogP contribution in [0.5, 0.6) is 0 Å². The van der Waals surface area contributed by atoms with Gasteiger partial charge in [-0.3, -0.25) is 19.2 Å². The normalized spacial score (nSPS) is 21.6. The Morgan fingerprint density at radius 3 is 2.30 bits per heavy atom. The highest BCUT2D eigenvalue weighted by Gasteiger charge is 2.47. The van der Waals surface area contributed by atoms with Gasteiger partial charge in [0, 0.05) is 6.20 Å². The Morgan fingerprint density at radius 2 is 1.70 bits per heavy atom. The molecule has 0 radical (unpaired) electrons. The zero-order chi connectivity index (χ0) is 21.5. The molecule has 0 bridgehead atoms. The fourth-order valence-electron chi connectivity index (χ4n) is 4.32. The summed E-state index contributed by atoms with van der Waals surface area (Å²) >= 11 is 0. The van der Waals surface area contributed by atoms with Crippen LogP contribution in [-0.2, 0) is 26.2 Å². The van der Waals surface area contributed by atoms with Gasteiger partial charge in [-0.1, -0.05) is 31.0 Å². The minimum Gasteiger partial charge on any atom is -0.278 e. The summed E-state index contributed by atoms with van der Waals surface area (Å²) in [5, 5.41) is 0. The highest BCUT2D eigenvalue weighted by molar-refractivity contribution is 7.92. The van der Waals surface area contributed by atoms with E-state index in [1.807, 2.05) is 6.92 Å². The van der Waals surface area contributed by atoms with Crippen LogP contribution in [-0.4, -0.2) is 30.1 Å². The zero-order valence-corrected chi connectivity index (χ0v) is 17.9. The second-order valence-electron chi connectivity index (χ2n) is 8.19. The molecular formula is C22H25N3O4S. The number of sulfonamides is 1. The molecule has 30 heavy (non-hydrogen) atoms. The SMILES string of the molecule is Cc1ccc(NS(=O)(=O)c2cc(CN3C(=O)[C@H]4CCCC[C@H]4C3=O)ccc2C)nc1. The molecule has 2 aliphatic rings. The largest absolute Gasteiger partial charge is 0.278 e. The molecule has 2 amide bonds. The van der Waals surface area contributed by atoms with Crippen molar-refractivity contribution in [1.29, 1.82) is 0 Å². The van der Waals surface area contributed by atoms with Gasteiger partial charge >= 0.3 is 0 Å². The summed E-state index contributed by atoms with van der Waals surface area (Å²) in [5.74, 6) is -0.448. The molecule has 1 aliphatic heterocycles. The smallest absolute Gasteiger partial charge is 0.263 e. The van der Waals surface area contributed by atoms with Gasteiger partial charge in [0.05, 0.1) is 23.3 Å². The number of likely N-dealkylation sites (tertiary alicyclic amines) is 1. The molecule has 2 aromatic rings. The number of benzene rings is 1. The molecule has 1 saturated heterocycles. The molecular weight excluding hydrogens is 402 g/mol. The van der Waals surface area contributed by atoms with E-state index in [2.05, 4.69) is 9.71 Å². The molecule has 1 aromatic carbocycles. The third kappa shape index (κ3) is 3.84. The van der Waals surface area contributed by atoms with Crippen molar-refractivity contribution >= 4 is 27.7 Å². The molecule has 0 spiro atoms. The van der Waals surface area contributed by atoms with Crippen LogP contribution in [0.1, 0.15) is 42.4 Å². The number of fused-ring (bicyclic) bond motifs is 1. The van der Waals surface area contributed by atoms with Crippen molar-refractivity contribution in [2.45, 2.75) is 51.0 Å². The van der Waals surface area contributed by atoms with E-state index >= 15 is 0 Å². The van der Waals surface area contributed by atoms with E-state index in [1.54, 1.807) is 37.4 Å². The highest BCUT2D eigenvalue weighted by Crippen LogP contribution is 2.38. The van der Waals surface area contributed by atoms with E-state index < -0.39 is 10.0 Å². The fourth-order valence-corrected chi connectivity index (χ4v) is 5.63. The Kier molecular flexibility index (Phi) is 5.36. The van der Waals surface area contributed by atoms with E-state index in [0.29, 0.717) is 11.1 Å². The lowest BCUT2D eigenvalue weighted by Gasteiger charge is -2.19. The predicted molar refractivity (Wildman–Crippen MR) is 112 cm³/mol. The van der Waals surface area contributed by atoms with Crippen LogP contribution < -0.4 is 4.72 Å². The molecule has 1 aromatic heterocycles. The van der Waals surface area contributed by atoms with Crippen molar-refractivity contribution < 1.29 is 18.0 Å². The molecule has 0 unspecified atom stereocenters. The summed E-state index contributed by atoms with van der Waals surface area (Å²) < 4.78 is 28.4. The fraction of sp³-hybridized carbons (Fsp3) is 0.409. The number of carbonyl (C=O) groups is 2. The molecule has 1 saturated carbocycles. The number of rotatable bonds is 5. The molecule has 7 nitrogen and oxygen atoms in total. The first kappa shape index (κ1) is 20.5. The van der Waals surface area contributed by atoms with Gasteiger partial charge in [0.15, 0.2) is 0 Å². The van der Waals surface area contributed by atoms with Gasteiger partial charge in [-0.15, -0.1) is 0 Å². The first-order valence-electron chi connectivity index (χ1n) is 10.2. The lowest BCUT2D eigenvalue weighted by atomic mass is 9.81. The Bertz CT molecular complexity index is 1070. The number of aromatic nitrogens is 1. The van der Waals surface area contributed by atoms with Crippen molar-refractivity contribution in [2.75, 3.05) is 4.72 Å². The lowest BCUT2D eigenvalue weighted by Crippen LogP contribution is -2.30. The second kappa shape index (κ2) is 7.83. The first-order chi connectivity index (χ1) is 14.3. The maximum atomic E-state index is 12.9. The quantitative estimate of drug-likeness (QED) is 0.740. The second-order valence-corrected chi connectivity index (χ2v) is 9.84. The van der Waals surface area contributed by atoms with Gasteiger partial charge in [-0.2, -0.15) is 0 Å². The number of amides is 2. The Balaban J connectivity index is 1.58. The Morgan fingerprint density at radius 1 is 1.03 bits per heavy atom. The van der Waals surface area contributed by atoms with Crippen LogP contribution in [0.2, 0.25) is 0 Å². The number of hydrogen-bond acceptors (Lipinski definition) is 5. The number of pyridine rings is 1. The standard InChI is InChI=1S/C22H25N3O4S/c1-14-7-10-20(23-12-14)24-30(28,29)19-11-16(9-8-15(19)2)13-25-21(26)17-5-3-4-6-18(17)22(25)27/h7-12,17-18H,3-6,13H2,1-2H3,(H,23,24)/t17-,18+. The van der Waals surface area contributed by atoms with Crippen LogP contribution >= 0.6 is 0 Å². The lowest BCUT2D eigenvalue weighted by molar-refractivity contribution is -0.140. The molecule has 1 aliphatic carbocycles. The first-order valence-corrected chi connectivity index (χ1v) is 11.6. The minimum absolute atomic E-state index is 0.0935. The Labute approximate surface area is 176 Å². The van der Waals surface area contributed by atoms with Crippen LogP contribution in [0.3, 0.4) is 0 Å².